The van der Waals surface area contributed by atoms with Crippen molar-refractivity contribution >= 4 is 5.91 Å². The molecule has 0 spiro atoms. The van der Waals surface area contributed by atoms with Gasteiger partial charge in [0.25, 0.3) is 0 Å². The van der Waals surface area contributed by atoms with Gasteiger partial charge < -0.3 is 5.32 Å². The van der Waals surface area contributed by atoms with Crippen LogP contribution in [0.2, 0.25) is 0 Å². The van der Waals surface area contributed by atoms with E-state index < -0.39 is 0 Å². The average Bonchev–Trinajstić information content (AvgIpc) is 2.80. The van der Waals surface area contributed by atoms with E-state index in [0.717, 1.165) is 45.3 Å². The first kappa shape index (κ1) is 16.5. The Bertz CT molecular complexity index is 504. The highest BCUT2D eigenvalue weighted by atomic mass is 16.1. The molecule has 0 atom stereocenters. The van der Waals surface area contributed by atoms with Crippen LogP contribution in [0.1, 0.15) is 68.8 Å². The van der Waals surface area contributed by atoms with Gasteiger partial charge in [-0.1, -0.05) is 32.6 Å². The molecule has 3 rings (SSSR count). The maximum Gasteiger partial charge on any atom is 0.221 e. The van der Waals surface area contributed by atoms with Crippen LogP contribution >= 0.6 is 0 Å². The molecule has 1 amide bonds. The fraction of sp³-hybridized carbons (Fsp3) is 0.778. The summed E-state index contributed by atoms with van der Waals surface area (Å²) in [5.74, 6) is 0.227. The van der Waals surface area contributed by atoms with E-state index in [-0.39, 0.29) is 5.91 Å². The third-order valence-corrected chi connectivity index (χ3v) is 5.31. The lowest BCUT2D eigenvalue weighted by Gasteiger charge is -2.27. The molecule has 1 saturated carbocycles. The highest BCUT2D eigenvalue weighted by Crippen LogP contribution is 2.21. The molecular weight excluding hydrogens is 288 g/mol. The van der Waals surface area contributed by atoms with Gasteiger partial charge in [0.2, 0.25) is 5.91 Å². The number of hydrogen-bond donors (Lipinski definition) is 2. The summed E-state index contributed by atoms with van der Waals surface area (Å²) in [5.41, 5.74) is 3.84. The number of nitrogens with one attached hydrogen (secondary N) is 2. The lowest BCUT2D eigenvalue weighted by atomic mass is 10.0. The Hall–Kier alpha value is -1.36. The van der Waals surface area contributed by atoms with Gasteiger partial charge in [-0.3, -0.25) is 14.8 Å². The monoisotopic (exact) mass is 318 g/mol. The number of fused-ring (bicyclic) bond motifs is 1. The second-order valence-electron chi connectivity index (χ2n) is 7.01. The summed E-state index contributed by atoms with van der Waals surface area (Å²) in [6, 6.07) is 0.415. The summed E-state index contributed by atoms with van der Waals surface area (Å²) >= 11 is 0. The van der Waals surface area contributed by atoms with E-state index in [9.17, 15) is 4.79 Å². The normalized spacial score (nSPS) is 20.0. The van der Waals surface area contributed by atoms with Gasteiger partial charge in [0, 0.05) is 49.8 Å². The van der Waals surface area contributed by atoms with Crippen LogP contribution < -0.4 is 5.32 Å². The second kappa shape index (κ2) is 7.95. The number of carbonyl (C=O) groups is 1. The third-order valence-electron chi connectivity index (χ3n) is 5.31. The molecule has 5 heteroatoms. The van der Waals surface area contributed by atoms with Crippen molar-refractivity contribution in [2.75, 3.05) is 13.1 Å². The Balaban J connectivity index is 1.44. The van der Waals surface area contributed by atoms with Crippen LogP contribution in [-0.4, -0.2) is 40.1 Å². The van der Waals surface area contributed by atoms with Gasteiger partial charge in [-0.25, -0.2) is 0 Å². The fourth-order valence-corrected chi connectivity index (χ4v) is 3.88. The summed E-state index contributed by atoms with van der Waals surface area (Å²) in [6.45, 7) is 4.96. The molecule has 0 bridgehead atoms. The van der Waals surface area contributed by atoms with Crippen LogP contribution in [0, 0.1) is 0 Å². The van der Waals surface area contributed by atoms with E-state index in [1.54, 1.807) is 0 Å². The SMILES string of the molecule is CCc1n[nH]c2c1CN(CCC(=O)NC1CCCCCC1)CC2. The van der Waals surface area contributed by atoms with Crippen LogP contribution in [0.4, 0.5) is 0 Å². The molecule has 1 fully saturated rings. The van der Waals surface area contributed by atoms with E-state index in [0.29, 0.717) is 12.5 Å². The van der Waals surface area contributed by atoms with Crippen molar-refractivity contribution in [1.29, 1.82) is 0 Å². The minimum Gasteiger partial charge on any atom is -0.353 e. The van der Waals surface area contributed by atoms with Crippen molar-refractivity contribution in [3.8, 4) is 0 Å². The summed E-state index contributed by atoms with van der Waals surface area (Å²) in [7, 11) is 0. The van der Waals surface area contributed by atoms with Gasteiger partial charge in [0.15, 0.2) is 0 Å². The maximum atomic E-state index is 12.2. The number of hydrogen-bond acceptors (Lipinski definition) is 3. The maximum absolute atomic E-state index is 12.2. The van der Waals surface area contributed by atoms with Crippen molar-refractivity contribution in [2.24, 2.45) is 0 Å². The molecule has 128 valence electrons. The minimum atomic E-state index is 0.227. The molecule has 1 aromatic rings. The van der Waals surface area contributed by atoms with Gasteiger partial charge in [-0.05, 0) is 19.3 Å². The number of nitrogens with zero attached hydrogens (tertiary/aromatic N) is 2. The number of carbonyl (C=O) groups excluding carboxylic acids is 1. The molecular formula is C18H30N4O. The summed E-state index contributed by atoms with van der Waals surface area (Å²) in [6.07, 6.45) is 10.1. The topological polar surface area (TPSA) is 61.0 Å². The van der Waals surface area contributed by atoms with Gasteiger partial charge >= 0.3 is 0 Å². The van der Waals surface area contributed by atoms with Gasteiger partial charge in [0.05, 0.1) is 5.69 Å². The van der Waals surface area contributed by atoms with Crippen molar-refractivity contribution in [1.82, 2.24) is 20.4 Å². The number of H-pyrrole nitrogens is 1. The highest BCUT2D eigenvalue weighted by molar-refractivity contribution is 5.76. The smallest absolute Gasteiger partial charge is 0.221 e. The van der Waals surface area contributed by atoms with Gasteiger partial charge in [0.1, 0.15) is 0 Å². The predicted molar refractivity (Wildman–Crippen MR) is 91.2 cm³/mol. The molecule has 0 aromatic carbocycles. The lowest BCUT2D eigenvalue weighted by molar-refractivity contribution is -0.122. The molecule has 23 heavy (non-hydrogen) atoms. The van der Waals surface area contributed by atoms with Gasteiger partial charge in [-0.2, -0.15) is 5.10 Å². The van der Waals surface area contributed by atoms with E-state index in [1.807, 2.05) is 0 Å². The number of aromatic amines is 1. The van der Waals surface area contributed by atoms with Crippen molar-refractivity contribution in [3.05, 3.63) is 17.0 Å². The zero-order valence-corrected chi connectivity index (χ0v) is 14.4. The fourth-order valence-electron chi connectivity index (χ4n) is 3.88. The Labute approximate surface area is 139 Å². The van der Waals surface area contributed by atoms with Crippen molar-refractivity contribution in [2.45, 2.75) is 77.3 Å². The molecule has 1 aliphatic heterocycles. The first-order chi connectivity index (χ1) is 11.3. The highest BCUT2D eigenvalue weighted by Gasteiger charge is 2.22. The average molecular weight is 318 g/mol. The molecule has 0 radical (unpaired) electrons. The van der Waals surface area contributed by atoms with Crippen molar-refractivity contribution in [3.63, 3.8) is 0 Å². The standard InChI is InChI=1S/C18H30N4O/c1-2-16-15-13-22(11-9-17(15)21-20-16)12-10-18(23)19-14-7-5-3-4-6-8-14/h14H,2-13H2,1H3,(H,19,23)(H,20,21). The molecule has 0 saturated heterocycles. The van der Waals surface area contributed by atoms with E-state index in [2.05, 4.69) is 27.3 Å². The zero-order valence-electron chi connectivity index (χ0n) is 14.4. The first-order valence-electron chi connectivity index (χ1n) is 9.33. The first-order valence-corrected chi connectivity index (χ1v) is 9.33. The Kier molecular flexibility index (Phi) is 5.70. The van der Waals surface area contributed by atoms with Crippen molar-refractivity contribution < 1.29 is 4.79 Å². The second-order valence-corrected chi connectivity index (χ2v) is 7.01. The van der Waals surface area contributed by atoms with Crippen LogP contribution in [0.15, 0.2) is 0 Å². The van der Waals surface area contributed by atoms with Crippen LogP contribution in [-0.2, 0) is 24.2 Å². The lowest BCUT2D eigenvalue weighted by Crippen LogP contribution is -2.38. The molecule has 1 aliphatic carbocycles. The minimum absolute atomic E-state index is 0.227. The predicted octanol–water partition coefficient (Wildman–Crippen LogP) is 2.56. The molecule has 0 unspecified atom stereocenters. The number of amides is 1. The zero-order chi connectivity index (χ0) is 16.1. The third kappa shape index (κ3) is 4.34. The molecule has 2 N–H and O–H groups in total. The van der Waals surface area contributed by atoms with E-state index in [4.69, 9.17) is 0 Å². The molecule has 5 nitrogen and oxygen atoms in total. The Morgan fingerprint density at radius 2 is 2.09 bits per heavy atom. The summed E-state index contributed by atoms with van der Waals surface area (Å²) in [4.78, 5) is 14.6. The summed E-state index contributed by atoms with van der Waals surface area (Å²) < 4.78 is 0. The van der Waals surface area contributed by atoms with Crippen LogP contribution in [0.25, 0.3) is 0 Å². The van der Waals surface area contributed by atoms with Crippen LogP contribution in [0.5, 0.6) is 0 Å². The quantitative estimate of drug-likeness (QED) is 0.820. The van der Waals surface area contributed by atoms with E-state index in [1.165, 1.54) is 42.6 Å². The number of rotatable bonds is 5. The molecule has 2 aliphatic rings. The largest absolute Gasteiger partial charge is 0.353 e. The number of aryl methyl sites for hydroxylation is 1. The number of aromatic nitrogens is 2. The Morgan fingerprint density at radius 1 is 1.30 bits per heavy atom. The molecule has 1 aromatic heterocycles. The van der Waals surface area contributed by atoms with Crippen LogP contribution in [0.3, 0.4) is 0 Å². The Morgan fingerprint density at radius 3 is 2.83 bits per heavy atom. The summed E-state index contributed by atoms with van der Waals surface area (Å²) in [5, 5.41) is 10.8. The van der Waals surface area contributed by atoms with Gasteiger partial charge in [-0.15, -0.1) is 0 Å². The molecule has 2 heterocycles. The van der Waals surface area contributed by atoms with E-state index >= 15 is 0 Å².